The van der Waals surface area contributed by atoms with Crippen molar-refractivity contribution >= 4 is 33.8 Å². The van der Waals surface area contributed by atoms with Gasteiger partial charge in [-0.25, -0.2) is 20.2 Å². The highest BCUT2D eigenvalue weighted by molar-refractivity contribution is 7.16. The van der Waals surface area contributed by atoms with E-state index in [0.717, 1.165) is 55.6 Å². The maximum atomic E-state index is 10.1. The van der Waals surface area contributed by atoms with Gasteiger partial charge in [-0.05, 0) is 144 Å². The molecule has 0 amide bonds. The van der Waals surface area contributed by atoms with Crippen LogP contribution in [0.25, 0.3) is 64.0 Å². The number of thiophene rings is 2. The SMILES string of the molecule is [C-]#[N+]/C(C#N)=C1/c2cc(-c3sc(C)c(C)c3C)ccc2-c2cc3c(cc21)-c1ccc(-c2sc(C)c(C)c2C)cc1/C3=C(/C#N)[N+]#[C-]. The lowest BCUT2D eigenvalue weighted by molar-refractivity contribution is 1.35. The Labute approximate surface area is 277 Å². The molecule has 5 aromatic rings. The molecule has 0 radical (unpaired) electrons. The molecular weight excluding hydrogens is 601 g/mol. The second-order valence-corrected chi connectivity index (χ2v) is 14.3. The van der Waals surface area contributed by atoms with Crippen molar-refractivity contribution in [2.45, 2.75) is 41.5 Å². The summed E-state index contributed by atoms with van der Waals surface area (Å²) in [6, 6.07) is 21.1. The summed E-state index contributed by atoms with van der Waals surface area (Å²) in [6.45, 7) is 28.6. The predicted molar refractivity (Wildman–Crippen MR) is 189 cm³/mol. The zero-order valence-electron chi connectivity index (χ0n) is 26.2. The largest absolute Gasteiger partial charge is 0.270 e. The third-order valence-electron chi connectivity index (χ3n) is 9.66. The summed E-state index contributed by atoms with van der Waals surface area (Å²) < 4.78 is 0. The van der Waals surface area contributed by atoms with Crippen molar-refractivity contribution in [2.75, 3.05) is 0 Å². The molecule has 7 rings (SSSR count). The van der Waals surface area contributed by atoms with E-state index in [0.29, 0.717) is 11.1 Å². The van der Waals surface area contributed by atoms with Crippen LogP contribution in [0.15, 0.2) is 59.9 Å². The lowest BCUT2D eigenvalue weighted by Crippen LogP contribution is -1.90. The van der Waals surface area contributed by atoms with E-state index >= 15 is 0 Å². The van der Waals surface area contributed by atoms with E-state index in [4.69, 9.17) is 13.1 Å². The van der Waals surface area contributed by atoms with Crippen LogP contribution < -0.4 is 0 Å². The highest BCUT2D eigenvalue weighted by Gasteiger charge is 2.34. The number of fused-ring (bicyclic) bond motifs is 6. The van der Waals surface area contributed by atoms with Gasteiger partial charge in [0.25, 0.3) is 11.4 Å². The molecule has 2 heterocycles. The molecule has 0 N–H and O–H groups in total. The van der Waals surface area contributed by atoms with Gasteiger partial charge in [-0.2, -0.15) is 0 Å². The summed E-state index contributed by atoms with van der Waals surface area (Å²) in [5, 5.41) is 20.2. The lowest BCUT2D eigenvalue weighted by atomic mass is 9.95. The second kappa shape index (κ2) is 10.5. The summed E-state index contributed by atoms with van der Waals surface area (Å²) in [5.41, 5.74) is 15.6. The molecule has 0 saturated carbocycles. The van der Waals surface area contributed by atoms with Crippen molar-refractivity contribution in [1.82, 2.24) is 0 Å². The number of aryl methyl sites for hydroxylation is 2. The maximum Gasteiger partial charge on any atom is 0.270 e. The molecule has 0 bridgehead atoms. The number of allylic oxidation sites excluding steroid dienone is 2. The average molecular weight is 627 g/mol. The van der Waals surface area contributed by atoms with Crippen LogP contribution in [-0.4, -0.2) is 0 Å². The van der Waals surface area contributed by atoms with Gasteiger partial charge in [-0.15, -0.1) is 22.7 Å². The Balaban J connectivity index is 1.49. The number of rotatable bonds is 2. The van der Waals surface area contributed by atoms with Crippen LogP contribution in [-0.2, 0) is 0 Å². The minimum Gasteiger partial charge on any atom is -0.226 e. The van der Waals surface area contributed by atoms with Gasteiger partial charge >= 0.3 is 0 Å². The molecule has 2 aliphatic carbocycles. The van der Waals surface area contributed by atoms with E-state index < -0.39 is 0 Å². The zero-order valence-corrected chi connectivity index (χ0v) is 27.9. The highest BCUT2D eigenvalue weighted by Crippen LogP contribution is 2.55. The summed E-state index contributed by atoms with van der Waals surface area (Å²) in [6.07, 6.45) is 0. The Hall–Kier alpha value is -5.50. The lowest BCUT2D eigenvalue weighted by Gasteiger charge is -2.09. The fraction of sp³-hybridized carbons (Fsp3) is 0.150. The molecule has 0 saturated heterocycles. The third kappa shape index (κ3) is 3.99. The van der Waals surface area contributed by atoms with E-state index in [1.165, 1.54) is 41.8 Å². The van der Waals surface area contributed by atoms with Gasteiger partial charge in [0, 0.05) is 30.7 Å². The Bertz CT molecular complexity index is 2260. The first kappa shape index (κ1) is 29.2. The van der Waals surface area contributed by atoms with E-state index in [1.807, 2.05) is 0 Å². The van der Waals surface area contributed by atoms with Gasteiger partial charge in [-0.1, -0.05) is 24.3 Å². The van der Waals surface area contributed by atoms with Gasteiger partial charge in [-0.3, -0.25) is 0 Å². The number of hydrogen-bond acceptors (Lipinski definition) is 4. The molecule has 0 unspecified atom stereocenters. The molecule has 0 spiro atoms. The van der Waals surface area contributed by atoms with Crippen molar-refractivity contribution in [1.29, 1.82) is 10.5 Å². The molecule has 3 aromatic carbocycles. The minimum atomic E-state index is 0.0504. The average Bonchev–Trinajstić information content (AvgIpc) is 3.72. The highest BCUT2D eigenvalue weighted by atomic mass is 32.1. The molecule has 6 heteroatoms. The molecule has 2 aliphatic rings. The van der Waals surface area contributed by atoms with Crippen molar-refractivity contribution in [3.63, 3.8) is 0 Å². The molecule has 2 aromatic heterocycles. The monoisotopic (exact) mass is 626 g/mol. The van der Waals surface area contributed by atoms with E-state index in [9.17, 15) is 10.5 Å². The first-order valence-electron chi connectivity index (χ1n) is 14.8. The van der Waals surface area contributed by atoms with E-state index in [-0.39, 0.29) is 11.4 Å². The van der Waals surface area contributed by atoms with E-state index in [2.05, 4.69) is 112 Å². The Morgan fingerprint density at radius 1 is 0.522 bits per heavy atom. The van der Waals surface area contributed by atoms with Crippen LogP contribution in [0.3, 0.4) is 0 Å². The van der Waals surface area contributed by atoms with Crippen LogP contribution in [0.5, 0.6) is 0 Å². The molecule has 218 valence electrons. The second-order valence-electron chi connectivity index (χ2n) is 11.8. The normalized spacial score (nSPS) is 14.3. The minimum absolute atomic E-state index is 0.0504. The standard InChI is InChI=1S/C40H26N4S2/c1-19-21(3)39(45-23(19)5)25-9-11-27-29-15-34-30(16-33(29)37(31(27)13-25)35(17-41)43-7)28-12-10-26(40-22(4)20(2)24(6)46-40)14-32(28)38(34)36(18-42)44-8/h9-16H,1-6H3/b37-35-,38-36+. The van der Waals surface area contributed by atoms with Crippen LogP contribution in [0.2, 0.25) is 0 Å². The van der Waals surface area contributed by atoms with Gasteiger partial charge < -0.3 is 0 Å². The third-order valence-corrected chi connectivity index (χ3v) is 12.4. The summed E-state index contributed by atoms with van der Waals surface area (Å²) in [4.78, 5) is 12.3. The number of benzene rings is 3. The first-order valence-corrected chi connectivity index (χ1v) is 16.4. The van der Waals surface area contributed by atoms with Crippen LogP contribution in [0.4, 0.5) is 0 Å². The fourth-order valence-corrected chi connectivity index (χ4v) is 9.15. The molecule has 46 heavy (non-hydrogen) atoms. The van der Waals surface area contributed by atoms with Gasteiger partial charge in [0.1, 0.15) is 0 Å². The first-order chi connectivity index (χ1) is 22.1. The molecule has 0 fully saturated rings. The molecule has 0 atom stereocenters. The smallest absolute Gasteiger partial charge is 0.226 e. The van der Waals surface area contributed by atoms with Crippen LogP contribution in [0.1, 0.15) is 54.3 Å². The Morgan fingerprint density at radius 2 is 0.891 bits per heavy atom. The van der Waals surface area contributed by atoms with Crippen molar-refractivity contribution in [3.05, 3.63) is 137 Å². The van der Waals surface area contributed by atoms with Crippen LogP contribution in [0, 0.1) is 77.3 Å². The maximum absolute atomic E-state index is 10.1. The van der Waals surface area contributed by atoms with Crippen molar-refractivity contribution < 1.29 is 0 Å². The van der Waals surface area contributed by atoms with Gasteiger partial charge in [0.2, 0.25) is 0 Å². The molecule has 0 aliphatic heterocycles. The Kier molecular flexibility index (Phi) is 6.70. The van der Waals surface area contributed by atoms with E-state index in [1.54, 1.807) is 22.7 Å². The summed E-state index contributed by atoms with van der Waals surface area (Å²) >= 11 is 3.52. The van der Waals surface area contributed by atoms with Crippen molar-refractivity contribution in [2.24, 2.45) is 0 Å². The summed E-state index contributed by atoms with van der Waals surface area (Å²) in [5.74, 6) is 0. The van der Waals surface area contributed by atoms with Crippen molar-refractivity contribution in [3.8, 4) is 55.3 Å². The molecular formula is C40H26N4S2. The van der Waals surface area contributed by atoms with Gasteiger partial charge in [0.05, 0.1) is 25.3 Å². The summed E-state index contributed by atoms with van der Waals surface area (Å²) in [7, 11) is 0. The fourth-order valence-electron chi connectivity index (χ4n) is 6.82. The topological polar surface area (TPSA) is 56.3 Å². The van der Waals surface area contributed by atoms with Gasteiger partial charge in [0.15, 0.2) is 0 Å². The number of nitrogens with zero attached hydrogens (tertiary/aromatic N) is 4. The molecule has 4 nitrogen and oxygen atoms in total. The number of nitriles is 2. The predicted octanol–water partition coefficient (Wildman–Crippen LogP) is 11.4. The Morgan fingerprint density at radius 3 is 1.20 bits per heavy atom. The quantitative estimate of drug-likeness (QED) is 0.142. The zero-order chi connectivity index (χ0) is 32.6. The van der Waals surface area contributed by atoms with Crippen LogP contribution >= 0.6 is 22.7 Å². The number of hydrogen-bond donors (Lipinski definition) is 0.